The third kappa shape index (κ3) is 3.59. The number of carboxylic acid groups (broad SMARTS) is 1. The minimum Gasteiger partial charge on any atom is -0.481 e. The highest BCUT2D eigenvalue weighted by Gasteiger charge is 2.38. The average molecular weight is 317 g/mol. The summed E-state index contributed by atoms with van der Waals surface area (Å²) in [6.45, 7) is 4.50. The van der Waals surface area contributed by atoms with Crippen molar-refractivity contribution in [3.8, 4) is 0 Å². The Morgan fingerprint density at radius 3 is 2.83 bits per heavy atom. The standard InChI is InChI=1S/C17H20FN3O2/c1-12-5-6-21(19-12)8-7-20-10-15(16(11-20)17(22)23)13-3-2-4-14(18)9-13/h2-6,9,15-16H,7-8,10-11H2,1H3,(H,22,23)/t15-,16+/m1/s1. The van der Waals surface area contributed by atoms with Crippen LogP contribution in [0, 0.1) is 18.7 Å². The van der Waals surface area contributed by atoms with Gasteiger partial charge in [-0.05, 0) is 30.7 Å². The van der Waals surface area contributed by atoms with Crippen molar-refractivity contribution in [3.05, 3.63) is 53.6 Å². The van der Waals surface area contributed by atoms with E-state index >= 15 is 0 Å². The van der Waals surface area contributed by atoms with Crippen molar-refractivity contribution in [2.75, 3.05) is 19.6 Å². The molecular formula is C17H20FN3O2. The summed E-state index contributed by atoms with van der Waals surface area (Å²) in [4.78, 5) is 13.7. The highest BCUT2D eigenvalue weighted by molar-refractivity contribution is 5.72. The number of aryl methyl sites for hydroxylation is 1. The van der Waals surface area contributed by atoms with Gasteiger partial charge in [0.05, 0.1) is 18.2 Å². The maximum Gasteiger partial charge on any atom is 0.308 e. The number of benzene rings is 1. The first kappa shape index (κ1) is 15.7. The maximum atomic E-state index is 13.4. The monoisotopic (exact) mass is 317 g/mol. The molecule has 1 aromatic carbocycles. The molecule has 3 rings (SSSR count). The van der Waals surface area contributed by atoms with Crippen molar-refractivity contribution in [3.63, 3.8) is 0 Å². The summed E-state index contributed by atoms with van der Waals surface area (Å²) in [5, 5.41) is 13.8. The summed E-state index contributed by atoms with van der Waals surface area (Å²) in [6.07, 6.45) is 1.92. The fourth-order valence-corrected chi connectivity index (χ4v) is 3.22. The van der Waals surface area contributed by atoms with E-state index in [1.165, 1.54) is 12.1 Å². The maximum absolute atomic E-state index is 13.4. The van der Waals surface area contributed by atoms with Crippen molar-refractivity contribution in [1.29, 1.82) is 0 Å². The molecule has 1 saturated heterocycles. The van der Waals surface area contributed by atoms with Gasteiger partial charge in [0.15, 0.2) is 0 Å². The minimum atomic E-state index is -0.823. The molecule has 0 unspecified atom stereocenters. The number of likely N-dealkylation sites (tertiary alicyclic amines) is 1. The summed E-state index contributed by atoms with van der Waals surface area (Å²) in [5.74, 6) is -1.83. The van der Waals surface area contributed by atoms with E-state index in [-0.39, 0.29) is 11.7 Å². The SMILES string of the molecule is Cc1ccn(CCN2C[C@H](C(=O)O)[C@@H](c3cccc(F)c3)C2)n1. The van der Waals surface area contributed by atoms with Gasteiger partial charge < -0.3 is 5.11 Å². The highest BCUT2D eigenvalue weighted by atomic mass is 19.1. The second-order valence-corrected chi connectivity index (χ2v) is 6.09. The van der Waals surface area contributed by atoms with Crippen LogP contribution in [0.1, 0.15) is 17.2 Å². The lowest BCUT2D eigenvalue weighted by molar-refractivity contribution is -0.141. The molecule has 2 atom stereocenters. The number of aromatic nitrogens is 2. The van der Waals surface area contributed by atoms with Gasteiger partial charge in [0.25, 0.3) is 0 Å². The highest BCUT2D eigenvalue weighted by Crippen LogP contribution is 2.33. The van der Waals surface area contributed by atoms with Crippen LogP contribution in [0.2, 0.25) is 0 Å². The van der Waals surface area contributed by atoms with E-state index in [9.17, 15) is 14.3 Å². The fourth-order valence-electron chi connectivity index (χ4n) is 3.22. The number of halogens is 1. The van der Waals surface area contributed by atoms with Crippen LogP contribution in [0.25, 0.3) is 0 Å². The van der Waals surface area contributed by atoms with Gasteiger partial charge in [0.2, 0.25) is 0 Å². The molecule has 1 N–H and O–H groups in total. The Labute approximate surface area is 134 Å². The van der Waals surface area contributed by atoms with Crippen LogP contribution < -0.4 is 0 Å². The average Bonchev–Trinajstić information content (AvgIpc) is 3.11. The number of hydrogen-bond donors (Lipinski definition) is 1. The normalized spacial score (nSPS) is 21.7. The summed E-state index contributed by atoms with van der Waals surface area (Å²) >= 11 is 0. The minimum absolute atomic E-state index is 0.178. The smallest absolute Gasteiger partial charge is 0.308 e. The van der Waals surface area contributed by atoms with Crippen LogP contribution in [0.4, 0.5) is 4.39 Å². The number of hydrogen-bond acceptors (Lipinski definition) is 3. The summed E-state index contributed by atoms with van der Waals surface area (Å²) in [7, 11) is 0. The summed E-state index contributed by atoms with van der Waals surface area (Å²) < 4.78 is 15.3. The first-order valence-electron chi connectivity index (χ1n) is 7.73. The molecule has 2 aromatic rings. The molecule has 0 aliphatic carbocycles. The molecule has 1 fully saturated rings. The zero-order valence-electron chi connectivity index (χ0n) is 13.0. The van der Waals surface area contributed by atoms with Crippen molar-refractivity contribution in [1.82, 2.24) is 14.7 Å². The topological polar surface area (TPSA) is 58.4 Å². The summed E-state index contributed by atoms with van der Waals surface area (Å²) in [6, 6.07) is 8.22. The van der Waals surface area contributed by atoms with Gasteiger partial charge in [0.1, 0.15) is 5.82 Å². The van der Waals surface area contributed by atoms with Gasteiger partial charge in [-0.25, -0.2) is 4.39 Å². The second-order valence-electron chi connectivity index (χ2n) is 6.09. The lowest BCUT2D eigenvalue weighted by Gasteiger charge is -2.16. The molecule has 23 heavy (non-hydrogen) atoms. The van der Waals surface area contributed by atoms with Gasteiger partial charge in [-0.2, -0.15) is 5.10 Å². The van der Waals surface area contributed by atoms with E-state index < -0.39 is 11.9 Å². The molecular weight excluding hydrogens is 297 g/mol. The van der Waals surface area contributed by atoms with Crippen molar-refractivity contribution in [2.45, 2.75) is 19.4 Å². The second kappa shape index (κ2) is 6.50. The Hall–Kier alpha value is -2.21. The quantitative estimate of drug-likeness (QED) is 0.918. The van der Waals surface area contributed by atoms with Gasteiger partial charge in [0, 0.05) is 31.7 Å². The molecule has 0 radical (unpaired) electrons. The largest absolute Gasteiger partial charge is 0.481 e. The Bertz CT molecular complexity index is 701. The molecule has 1 aliphatic heterocycles. The Morgan fingerprint density at radius 2 is 2.17 bits per heavy atom. The van der Waals surface area contributed by atoms with Gasteiger partial charge in [-0.15, -0.1) is 0 Å². The van der Waals surface area contributed by atoms with Crippen LogP contribution in [-0.2, 0) is 11.3 Å². The zero-order chi connectivity index (χ0) is 16.4. The molecule has 6 heteroatoms. The van der Waals surface area contributed by atoms with Crippen LogP contribution in [-0.4, -0.2) is 45.4 Å². The van der Waals surface area contributed by atoms with Crippen LogP contribution in [0.15, 0.2) is 36.5 Å². The van der Waals surface area contributed by atoms with E-state index in [0.717, 1.165) is 24.3 Å². The lowest BCUT2D eigenvalue weighted by Crippen LogP contribution is -2.27. The molecule has 0 saturated carbocycles. The van der Waals surface area contributed by atoms with Gasteiger partial charge in [-0.3, -0.25) is 14.4 Å². The molecule has 5 nitrogen and oxygen atoms in total. The van der Waals surface area contributed by atoms with Crippen molar-refractivity contribution < 1.29 is 14.3 Å². The molecule has 0 spiro atoms. The number of carboxylic acids is 1. The summed E-state index contributed by atoms with van der Waals surface area (Å²) in [5.41, 5.74) is 1.72. The van der Waals surface area contributed by atoms with E-state index in [2.05, 4.69) is 10.00 Å². The van der Waals surface area contributed by atoms with E-state index in [4.69, 9.17) is 0 Å². The third-order valence-corrected chi connectivity index (χ3v) is 4.41. The van der Waals surface area contributed by atoms with Crippen molar-refractivity contribution in [2.24, 2.45) is 5.92 Å². The van der Waals surface area contributed by atoms with E-state index in [1.54, 1.807) is 6.07 Å². The molecule has 0 bridgehead atoms. The number of rotatable bonds is 5. The number of carbonyl (C=O) groups is 1. The third-order valence-electron chi connectivity index (χ3n) is 4.41. The number of nitrogens with zero attached hydrogens (tertiary/aromatic N) is 3. The Morgan fingerprint density at radius 1 is 1.35 bits per heavy atom. The zero-order valence-corrected chi connectivity index (χ0v) is 13.0. The fraction of sp³-hybridized carbons (Fsp3) is 0.412. The predicted octanol–water partition coefficient (Wildman–Crippen LogP) is 2.13. The van der Waals surface area contributed by atoms with E-state index in [0.29, 0.717) is 13.1 Å². The Balaban J connectivity index is 1.69. The molecule has 122 valence electrons. The Kier molecular flexibility index (Phi) is 4.43. The van der Waals surface area contributed by atoms with Gasteiger partial charge in [-0.1, -0.05) is 12.1 Å². The van der Waals surface area contributed by atoms with Crippen LogP contribution >= 0.6 is 0 Å². The predicted molar refractivity (Wildman–Crippen MR) is 83.7 cm³/mol. The van der Waals surface area contributed by atoms with Gasteiger partial charge >= 0.3 is 5.97 Å². The van der Waals surface area contributed by atoms with E-state index in [1.807, 2.05) is 29.9 Å². The first-order chi connectivity index (χ1) is 11.0. The van der Waals surface area contributed by atoms with Crippen molar-refractivity contribution >= 4 is 5.97 Å². The molecule has 0 amide bonds. The number of aliphatic carboxylic acids is 1. The van der Waals surface area contributed by atoms with Crippen LogP contribution in [0.5, 0.6) is 0 Å². The van der Waals surface area contributed by atoms with Crippen LogP contribution in [0.3, 0.4) is 0 Å². The molecule has 2 heterocycles. The lowest BCUT2D eigenvalue weighted by atomic mass is 9.89. The molecule has 1 aliphatic rings. The first-order valence-corrected chi connectivity index (χ1v) is 7.73. The molecule has 1 aromatic heterocycles.